The molecule has 1 fully saturated rings. The summed E-state index contributed by atoms with van der Waals surface area (Å²) in [5, 5.41) is 0. The van der Waals surface area contributed by atoms with Crippen LogP contribution in [0.5, 0.6) is 5.75 Å². The van der Waals surface area contributed by atoms with Crippen LogP contribution in [0.1, 0.15) is 38.2 Å². The van der Waals surface area contributed by atoms with Crippen molar-refractivity contribution in [1.29, 1.82) is 0 Å². The molecule has 0 bridgehead atoms. The van der Waals surface area contributed by atoms with Crippen molar-refractivity contribution in [3.05, 3.63) is 29.8 Å². The average molecular weight is 205 g/mol. The highest BCUT2D eigenvalue weighted by Crippen LogP contribution is 2.33. The topological polar surface area (TPSA) is 35.2 Å². The number of benzene rings is 1. The number of hydrogen-bond acceptors (Lipinski definition) is 2. The maximum atomic E-state index is 6.05. The van der Waals surface area contributed by atoms with Crippen LogP contribution in [0.3, 0.4) is 0 Å². The zero-order chi connectivity index (χ0) is 10.7. The van der Waals surface area contributed by atoms with Crippen LogP contribution in [0.2, 0.25) is 0 Å². The first-order chi connectivity index (χ1) is 7.22. The van der Waals surface area contributed by atoms with Gasteiger partial charge in [0.1, 0.15) is 11.4 Å². The van der Waals surface area contributed by atoms with E-state index in [4.69, 9.17) is 10.5 Å². The molecular weight excluding hydrogens is 186 g/mol. The fraction of sp³-hybridized carbons (Fsp3) is 0.538. The Bertz CT molecular complexity index is 329. The van der Waals surface area contributed by atoms with Crippen LogP contribution in [0.15, 0.2) is 24.3 Å². The van der Waals surface area contributed by atoms with E-state index in [0.717, 1.165) is 11.3 Å². The van der Waals surface area contributed by atoms with E-state index in [-0.39, 0.29) is 5.60 Å². The first-order valence-electron chi connectivity index (χ1n) is 5.70. The summed E-state index contributed by atoms with van der Waals surface area (Å²) in [6.45, 7) is 2.78. The van der Waals surface area contributed by atoms with E-state index in [2.05, 4.69) is 6.92 Å². The van der Waals surface area contributed by atoms with E-state index in [1.807, 2.05) is 24.3 Å². The van der Waals surface area contributed by atoms with Crippen molar-refractivity contribution in [3.63, 3.8) is 0 Å². The smallest absolute Gasteiger partial charge is 0.120 e. The van der Waals surface area contributed by atoms with Crippen molar-refractivity contribution >= 4 is 0 Å². The minimum absolute atomic E-state index is 0.0488. The molecule has 0 aliphatic heterocycles. The molecule has 0 unspecified atom stereocenters. The lowest BCUT2D eigenvalue weighted by atomic mass is 10.1. The molecule has 1 aromatic rings. The van der Waals surface area contributed by atoms with E-state index in [1.54, 1.807) is 0 Å². The van der Waals surface area contributed by atoms with Gasteiger partial charge in [-0.1, -0.05) is 12.1 Å². The Kier molecular flexibility index (Phi) is 2.96. The van der Waals surface area contributed by atoms with Gasteiger partial charge in [0.15, 0.2) is 0 Å². The molecule has 0 aromatic heterocycles. The van der Waals surface area contributed by atoms with Crippen molar-refractivity contribution in [3.8, 4) is 5.75 Å². The summed E-state index contributed by atoms with van der Waals surface area (Å²) in [5.74, 6) is 0.961. The third-order valence-corrected chi connectivity index (χ3v) is 3.16. The molecule has 2 nitrogen and oxygen atoms in total. The minimum Gasteiger partial charge on any atom is -0.488 e. The Morgan fingerprint density at radius 3 is 2.73 bits per heavy atom. The molecule has 2 heteroatoms. The molecule has 82 valence electrons. The predicted octanol–water partition coefficient (Wildman–Crippen LogP) is 2.86. The Labute approximate surface area is 91.4 Å². The lowest BCUT2D eigenvalue weighted by Gasteiger charge is -2.25. The summed E-state index contributed by atoms with van der Waals surface area (Å²) in [6.07, 6.45) is 4.90. The van der Waals surface area contributed by atoms with Crippen LogP contribution in [-0.2, 0) is 6.54 Å². The van der Waals surface area contributed by atoms with Crippen LogP contribution < -0.4 is 10.5 Å². The second kappa shape index (κ2) is 4.23. The number of nitrogens with two attached hydrogens (primary N) is 1. The SMILES string of the molecule is CC1(Oc2cccc(CN)c2)CCCC1. The molecule has 0 radical (unpaired) electrons. The normalized spacial score (nSPS) is 19.1. The summed E-state index contributed by atoms with van der Waals surface area (Å²) in [6, 6.07) is 8.10. The van der Waals surface area contributed by atoms with Crippen molar-refractivity contribution in [1.82, 2.24) is 0 Å². The lowest BCUT2D eigenvalue weighted by Crippen LogP contribution is -2.28. The van der Waals surface area contributed by atoms with Crippen LogP contribution in [0.25, 0.3) is 0 Å². The van der Waals surface area contributed by atoms with Gasteiger partial charge in [-0.3, -0.25) is 0 Å². The first kappa shape index (κ1) is 10.5. The highest BCUT2D eigenvalue weighted by Gasteiger charge is 2.30. The van der Waals surface area contributed by atoms with Gasteiger partial charge < -0.3 is 10.5 Å². The number of hydrogen-bond donors (Lipinski definition) is 1. The molecule has 1 aromatic carbocycles. The third kappa shape index (κ3) is 2.51. The van der Waals surface area contributed by atoms with Gasteiger partial charge in [-0.25, -0.2) is 0 Å². The summed E-state index contributed by atoms with van der Waals surface area (Å²) >= 11 is 0. The van der Waals surface area contributed by atoms with E-state index in [9.17, 15) is 0 Å². The quantitative estimate of drug-likeness (QED) is 0.823. The highest BCUT2D eigenvalue weighted by molar-refractivity contribution is 5.29. The molecule has 0 heterocycles. The zero-order valence-corrected chi connectivity index (χ0v) is 9.33. The van der Waals surface area contributed by atoms with Crippen LogP contribution in [0.4, 0.5) is 0 Å². The molecule has 1 aliphatic carbocycles. The number of ether oxygens (including phenoxy) is 1. The molecule has 2 N–H and O–H groups in total. The lowest BCUT2D eigenvalue weighted by molar-refractivity contribution is 0.0967. The van der Waals surface area contributed by atoms with E-state index in [1.165, 1.54) is 25.7 Å². The Hall–Kier alpha value is -1.02. The van der Waals surface area contributed by atoms with Crippen molar-refractivity contribution in [2.45, 2.75) is 44.8 Å². The maximum absolute atomic E-state index is 6.05. The first-order valence-corrected chi connectivity index (χ1v) is 5.70. The van der Waals surface area contributed by atoms with E-state index >= 15 is 0 Å². The number of rotatable bonds is 3. The van der Waals surface area contributed by atoms with Gasteiger partial charge in [0.05, 0.1) is 0 Å². The fourth-order valence-corrected chi connectivity index (χ4v) is 2.25. The van der Waals surface area contributed by atoms with Gasteiger partial charge in [-0.15, -0.1) is 0 Å². The molecule has 2 rings (SSSR count). The van der Waals surface area contributed by atoms with Gasteiger partial charge in [0.25, 0.3) is 0 Å². The van der Waals surface area contributed by atoms with Crippen LogP contribution >= 0.6 is 0 Å². The largest absolute Gasteiger partial charge is 0.488 e. The Balaban J connectivity index is 2.09. The Morgan fingerprint density at radius 1 is 1.33 bits per heavy atom. The molecular formula is C13H19NO. The minimum atomic E-state index is 0.0488. The van der Waals surface area contributed by atoms with Crippen molar-refractivity contribution in [2.24, 2.45) is 5.73 Å². The summed E-state index contributed by atoms with van der Waals surface area (Å²) < 4.78 is 6.05. The van der Waals surface area contributed by atoms with Gasteiger partial charge in [-0.2, -0.15) is 0 Å². The second-order valence-electron chi connectivity index (χ2n) is 4.61. The second-order valence-corrected chi connectivity index (χ2v) is 4.61. The molecule has 0 amide bonds. The molecule has 0 spiro atoms. The maximum Gasteiger partial charge on any atom is 0.120 e. The van der Waals surface area contributed by atoms with E-state index < -0.39 is 0 Å². The van der Waals surface area contributed by atoms with Gasteiger partial charge in [0.2, 0.25) is 0 Å². The Morgan fingerprint density at radius 2 is 2.07 bits per heavy atom. The van der Waals surface area contributed by atoms with Crippen LogP contribution in [-0.4, -0.2) is 5.60 Å². The molecule has 1 aliphatic rings. The molecule has 0 atom stereocenters. The van der Waals surface area contributed by atoms with Gasteiger partial charge in [0, 0.05) is 6.54 Å². The molecule has 0 saturated heterocycles. The van der Waals surface area contributed by atoms with Gasteiger partial charge >= 0.3 is 0 Å². The highest BCUT2D eigenvalue weighted by atomic mass is 16.5. The van der Waals surface area contributed by atoms with Crippen LogP contribution in [0, 0.1) is 0 Å². The monoisotopic (exact) mass is 205 g/mol. The van der Waals surface area contributed by atoms with Gasteiger partial charge in [-0.05, 0) is 50.3 Å². The third-order valence-electron chi connectivity index (χ3n) is 3.16. The standard InChI is InChI=1S/C13H19NO/c1-13(7-2-3-8-13)15-12-6-4-5-11(9-12)10-14/h4-6,9H,2-3,7-8,10,14H2,1H3. The summed E-state index contributed by atoms with van der Waals surface area (Å²) in [7, 11) is 0. The van der Waals surface area contributed by atoms with Crippen molar-refractivity contribution < 1.29 is 4.74 Å². The van der Waals surface area contributed by atoms with E-state index in [0.29, 0.717) is 6.54 Å². The fourth-order valence-electron chi connectivity index (χ4n) is 2.25. The predicted molar refractivity (Wildman–Crippen MR) is 61.8 cm³/mol. The average Bonchev–Trinajstić information content (AvgIpc) is 2.65. The van der Waals surface area contributed by atoms with Crippen molar-refractivity contribution in [2.75, 3.05) is 0 Å². The summed E-state index contributed by atoms with van der Waals surface area (Å²) in [5.41, 5.74) is 6.79. The molecule has 15 heavy (non-hydrogen) atoms. The summed E-state index contributed by atoms with van der Waals surface area (Å²) in [4.78, 5) is 0. The molecule has 1 saturated carbocycles. The zero-order valence-electron chi connectivity index (χ0n) is 9.33.